The summed E-state index contributed by atoms with van der Waals surface area (Å²) >= 11 is 0. The molecule has 6 heteroatoms. The maximum atomic E-state index is 12.5. The molecule has 2 N–H and O–H groups in total. The molecule has 1 aromatic carbocycles. The number of H-pyrrole nitrogens is 1. The van der Waals surface area contributed by atoms with E-state index in [9.17, 15) is 9.59 Å². The van der Waals surface area contributed by atoms with Gasteiger partial charge in [-0.25, -0.2) is 0 Å². The largest absolute Gasteiger partial charge is 0.347 e. The van der Waals surface area contributed by atoms with Gasteiger partial charge in [-0.3, -0.25) is 14.7 Å². The SMILES string of the molecule is CC(C)C(=O)NCC(=O)N1CCC[C@H](c2[nH]ncc2-c2ccccc2)C1. The third-order valence-electron chi connectivity index (χ3n) is 4.87. The van der Waals surface area contributed by atoms with Gasteiger partial charge in [0.2, 0.25) is 11.8 Å². The average Bonchev–Trinajstić information content (AvgIpc) is 3.16. The predicted molar refractivity (Wildman–Crippen MR) is 100 cm³/mol. The highest BCUT2D eigenvalue weighted by Gasteiger charge is 2.27. The van der Waals surface area contributed by atoms with Crippen LogP contribution in [-0.4, -0.2) is 46.5 Å². The number of rotatable bonds is 5. The minimum atomic E-state index is -0.115. The molecule has 0 saturated carbocycles. The minimum absolute atomic E-state index is 0.0236. The minimum Gasteiger partial charge on any atom is -0.347 e. The summed E-state index contributed by atoms with van der Waals surface area (Å²) in [5.74, 6) is -0.00199. The van der Waals surface area contributed by atoms with Gasteiger partial charge >= 0.3 is 0 Å². The number of amides is 2. The molecule has 0 radical (unpaired) electrons. The van der Waals surface area contributed by atoms with Gasteiger partial charge in [0.05, 0.1) is 12.7 Å². The fourth-order valence-corrected chi connectivity index (χ4v) is 3.37. The van der Waals surface area contributed by atoms with Crippen LogP contribution in [-0.2, 0) is 9.59 Å². The number of benzene rings is 1. The first kappa shape index (κ1) is 18.2. The van der Waals surface area contributed by atoms with Crippen LogP contribution in [0.15, 0.2) is 36.5 Å². The van der Waals surface area contributed by atoms with E-state index in [0.717, 1.165) is 36.2 Å². The van der Waals surface area contributed by atoms with Crippen LogP contribution < -0.4 is 5.32 Å². The number of aromatic nitrogens is 2. The second-order valence-corrected chi connectivity index (χ2v) is 7.11. The number of piperidine rings is 1. The van der Waals surface area contributed by atoms with E-state index in [2.05, 4.69) is 27.6 Å². The highest BCUT2D eigenvalue weighted by molar-refractivity contribution is 5.85. The van der Waals surface area contributed by atoms with Crippen molar-refractivity contribution >= 4 is 11.8 Å². The third-order valence-corrected chi connectivity index (χ3v) is 4.87. The molecule has 1 saturated heterocycles. The van der Waals surface area contributed by atoms with Crippen molar-refractivity contribution < 1.29 is 9.59 Å². The molecule has 3 rings (SSSR count). The Hall–Kier alpha value is -2.63. The van der Waals surface area contributed by atoms with Gasteiger partial charge in [0.25, 0.3) is 0 Å². The summed E-state index contributed by atoms with van der Waals surface area (Å²) in [6, 6.07) is 10.2. The van der Waals surface area contributed by atoms with E-state index in [-0.39, 0.29) is 30.2 Å². The standard InChI is InChI=1S/C20H26N4O2/c1-14(2)20(26)21-12-18(25)24-10-6-9-16(13-24)19-17(11-22-23-19)15-7-4-3-5-8-15/h3-5,7-8,11,14,16H,6,9-10,12-13H2,1-2H3,(H,21,26)(H,22,23)/t16-/m0/s1. The zero-order chi connectivity index (χ0) is 18.5. The zero-order valence-corrected chi connectivity index (χ0v) is 15.4. The molecule has 6 nitrogen and oxygen atoms in total. The molecule has 138 valence electrons. The van der Waals surface area contributed by atoms with Crippen LogP contribution in [0.3, 0.4) is 0 Å². The normalized spacial score (nSPS) is 17.3. The first-order chi connectivity index (χ1) is 12.6. The van der Waals surface area contributed by atoms with Gasteiger partial charge in [0.15, 0.2) is 0 Å². The van der Waals surface area contributed by atoms with Crippen LogP contribution in [0, 0.1) is 5.92 Å². The van der Waals surface area contributed by atoms with Crippen molar-refractivity contribution in [3.8, 4) is 11.1 Å². The van der Waals surface area contributed by atoms with Crippen molar-refractivity contribution in [1.82, 2.24) is 20.4 Å². The Labute approximate surface area is 154 Å². The fourth-order valence-electron chi connectivity index (χ4n) is 3.37. The highest BCUT2D eigenvalue weighted by atomic mass is 16.2. The first-order valence-electron chi connectivity index (χ1n) is 9.20. The topological polar surface area (TPSA) is 78.1 Å². The van der Waals surface area contributed by atoms with Crippen molar-refractivity contribution in [1.29, 1.82) is 0 Å². The van der Waals surface area contributed by atoms with E-state index in [4.69, 9.17) is 0 Å². The number of carbonyl (C=O) groups is 2. The lowest BCUT2D eigenvalue weighted by molar-refractivity contribution is -0.134. The monoisotopic (exact) mass is 354 g/mol. The van der Waals surface area contributed by atoms with Gasteiger partial charge < -0.3 is 10.2 Å². The van der Waals surface area contributed by atoms with E-state index in [0.29, 0.717) is 6.54 Å². The molecule has 1 aliphatic heterocycles. The second-order valence-electron chi connectivity index (χ2n) is 7.11. The van der Waals surface area contributed by atoms with Gasteiger partial charge in [-0.05, 0) is 18.4 Å². The van der Waals surface area contributed by atoms with Crippen molar-refractivity contribution in [2.45, 2.75) is 32.6 Å². The smallest absolute Gasteiger partial charge is 0.241 e. The summed E-state index contributed by atoms with van der Waals surface area (Å²) in [6.45, 7) is 5.10. The number of nitrogens with zero attached hydrogens (tertiary/aromatic N) is 2. The van der Waals surface area contributed by atoms with Gasteiger partial charge in [-0.1, -0.05) is 44.2 Å². The third kappa shape index (κ3) is 4.12. The number of hydrogen-bond acceptors (Lipinski definition) is 3. The van der Waals surface area contributed by atoms with Gasteiger partial charge in [-0.2, -0.15) is 5.10 Å². The maximum absolute atomic E-state index is 12.5. The van der Waals surface area contributed by atoms with Crippen molar-refractivity contribution in [3.63, 3.8) is 0 Å². The molecule has 1 fully saturated rings. The molecule has 0 aliphatic carbocycles. The Morgan fingerprint density at radius 1 is 1.31 bits per heavy atom. The second kappa shape index (κ2) is 8.17. The Morgan fingerprint density at radius 3 is 2.81 bits per heavy atom. The van der Waals surface area contributed by atoms with Crippen LogP contribution in [0.25, 0.3) is 11.1 Å². The van der Waals surface area contributed by atoms with Crippen molar-refractivity contribution in [2.24, 2.45) is 5.92 Å². The molecule has 1 aromatic heterocycles. The van der Waals surface area contributed by atoms with Gasteiger partial charge in [0.1, 0.15) is 0 Å². The molecule has 1 atom stereocenters. The Kier molecular flexibility index (Phi) is 5.71. The molecule has 2 heterocycles. The van der Waals surface area contributed by atoms with Gasteiger partial charge in [0, 0.05) is 36.2 Å². The lowest BCUT2D eigenvalue weighted by Crippen LogP contribution is -2.45. The lowest BCUT2D eigenvalue weighted by atomic mass is 9.90. The Balaban J connectivity index is 1.67. The molecular weight excluding hydrogens is 328 g/mol. The van der Waals surface area contributed by atoms with Crippen LogP contribution in [0.4, 0.5) is 0 Å². The Bertz CT molecular complexity index is 754. The molecule has 1 aliphatic rings. The molecule has 0 bridgehead atoms. The van der Waals surface area contributed by atoms with Gasteiger partial charge in [-0.15, -0.1) is 0 Å². The van der Waals surface area contributed by atoms with E-state index in [1.165, 1.54) is 0 Å². The maximum Gasteiger partial charge on any atom is 0.241 e. The molecule has 2 amide bonds. The quantitative estimate of drug-likeness (QED) is 0.866. The molecule has 2 aromatic rings. The Morgan fingerprint density at radius 2 is 2.08 bits per heavy atom. The number of likely N-dealkylation sites (tertiary alicyclic amines) is 1. The van der Waals surface area contributed by atoms with E-state index >= 15 is 0 Å². The van der Waals surface area contributed by atoms with Crippen molar-refractivity contribution in [3.05, 3.63) is 42.2 Å². The molecule has 26 heavy (non-hydrogen) atoms. The summed E-state index contributed by atoms with van der Waals surface area (Å²) in [5, 5.41) is 10.1. The molecule has 0 unspecified atom stereocenters. The summed E-state index contributed by atoms with van der Waals surface area (Å²) in [5.41, 5.74) is 3.31. The zero-order valence-electron chi connectivity index (χ0n) is 15.4. The number of carbonyl (C=O) groups excluding carboxylic acids is 2. The summed E-state index contributed by atoms with van der Waals surface area (Å²) in [4.78, 5) is 26.0. The average molecular weight is 354 g/mol. The fraction of sp³-hybridized carbons (Fsp3) is 0.450. The number of hydrogen-bond donors (Lipinski definition) is 2. The number of nitrogens with one attached hydrogen (secondary N) is 2. The summed E-state index contributed by atoms with van der Waals surface area (Å²) in [6.07, 6.45) is 3.82. The predicted octanol–water partition coefficient (Wildman–Crippen LogP) is 2.55. The molecule has 0 spiro atoms. The molecular formula is C20H26N4O2. The van der Waals surface area contributed by atoms with E-state index < -0.39 is 0 Å². The summed E-state index contributed by atoms with van der Waals surface area (Å²) < 4.78 is 0. The van der Waals surface area contributed by atoms with Crippen LogP contribution in [0.2, 0.25) is 0 Å². The lowest BCUT2D eigenvalue weighted by Gasteiger charge is -2.33. The summed E-state index contributed by atoms with van der Waals surface area (Å²) in [7, 11) is 0. The first-order valence-corrected chi connectivity index (χ1v) is 9.20. The highest BCUT2D eigenvalue weighted by Crippen LogP contribution is 2.32. The number of aromatic amines is 1. The van der Waals surface area contributed by atoms with Crippen LogP contribution in [0.5, 0.6) is 0 Å². The van der Waals surface area contributed by atoms with Crippen LogP contribution >= 0.6 is 0 Å². The van der Waals surface area contributed by atoms with E-state index in [1.54, 1.807) is 0 Å². The van der Waals surface area contributed by atoms with E-state index in [1.807, 2.05) is 43.1 Å². The van der Waals surface area contributed by atoms with Crippen LogP contribution in [0.1, 0.15) is 38.3 Å². The van der Waals surface area contributed by atoms with Crippen molar-refractivity contribution in [2.75, 3.05) is 19.6 Å².